The van der Waals surface area contributed by atoms with E-state index in [0.717, 1.165) is 5.92 Å². The van der Waals surface area contributed by atoms with Gasteiger partial charge in [-0.15, -0.1) is 0 Å². The molecule has 1 aliphatic rings. The van der Waals surface area contributed by atoms with Crippen LogP contribution >= 0.6 is 0 Å². The number of epoxide rings is 1. The molecule has 0 spiro atoms. The average Bonchev–Trinajstić information content (AvgIpc) is 3.21. The summed E-state index contributed by atoms with van der Waals surface area (Å²) in [6, 6.07) is 0. The van der Waals surface area contributed by atoms with Gasteiger partial charge in [-0.1, -0.05) is 91.4 Å². The van der Waals surface area contributed by atoms with Crippen LogP contribution in [0.5, 0.6) is 0 Å². The van der Waals surface area contributed by atoms with E-state index < -0.39 is 0 Å². The summed E-state index contributed by atoms with van der Waals surface area (Å²) < 4.78 is 5.87. The summed E-state index contributed by atoms with van der Waals surface area (Å²) in [6.45, 7) is 6.95. The monoisotopic (exact) mass is 282 g/mol. The predicted octanol–water partition coefficient (Wildman–Crippen LogP) is 6.50. The fraction of sp³-hybridized carbons (Fsp3) is 1.00. The maximum atomic E-state index is 5.87. The van der Waals surface area contributed by atoms with Crippen molar-refractivity contribution in [2.45, 2.75) is 116 Å². The van der Waals surface area contributed by atoms with Gasteiger partial charge in [-0.2, -0.15) is 0 Å². The van der Waals surface area contributed by atoms with Gasteiger partial charge in [0.15, 0.2) is 0 Å². The topological polar surface area (TPSA) is 12.5 Å². The zero-order valence-corrected chi connectivity index (χ0v) is 14.3. The van der Waals surface area contributed by atoms with E-state index >= 15 is 0 Å². The van der Waals surface area contributed by atoms with Crippen LogP contribution < -0.4 is 0 Å². The molecule has 0 amide bonds. The first-order chi connectivity index (χ1) is 9.79. The molecule has 0 aromatic carbocycles. The van der Waals surface area contributed by atoms with Gasteiger partial charge < -0.3 is 4.74 Å². The number of hydrogen-bond donors (Lipinski definition) is 0. The lowest BCUT2D eigenvalue weighted by molar-refractivity contribution is 0.308. The summed E-state index contributed by atoms with van der Waals surface area (Å²) in [5.74, 6) is 0.792. The van der Waals surface area contributed by atoms with Crippen LogP contribution in [0.1, 0.15) is 104 Å². The van der Waals surface area contributed by atoms with Gasteiger partial charge in [-0.05, 0) is 18.8 Å². The molecular weight excluding hydrogens is 244 g/mol. The number of hydrogen-bond acceptors (Lipinski definition) is 1. The van der Waals surface area contributed by atoms with Crippen LogP contribution in [0.2, 0.25) is 0 Å². The molecule has 3 atom stereocenters. The van der Waals surface area contributed by atoms with Crippen LogP contribution in [0, 0.1) is 5.92 Å². The van der Waals surface area contributed by atoms with Crippen molar-refractivity contribution >= 4 is 0 Å². The number of unbranched alkanes of at least 4 members (excludes halogenated alkanes) is 9. The minimum absolute atomic E-state index is 0.608. The van der Waals surface area contributed by atoms with Gasteiger partial charge in [0.05, 0.1) is 12.2 Å². The Morgan fingerprint density at radius 1 is 0.750 bits per heavy atom. The zero-order chi connectivity index (χ0) is 14.6. The maximum absolute atomic E-state index is 5.87. The van der Waals surface area contributed by atoms with Gasteiger partial charge in [0.2, 0.25) is 0 Å². The summed E-state index contributed by atoms with van der Waals surface area (Å²) in [6.07, 6.45) is 19.4. The van der Waals surface area contributed by atoms with Crippen molar-refractivity contribution in [3.8, 4) is 0 Å². The Balaban J connectivity index is 1.85. The molecule has 0 aromatic heterocycles. The zero-order valence-electron chi connectivity index (χ0n) is 14.3. The second-order valence-corrected chi connectivity index (χ2v) is 6.88. The molecule has 1 heterocycles. The molecule has 1 nitrogen and oxygen atoms in total. The second-order valence-electron chi connectivity index (χ2n) is 6.88. The first-order valence-electron chi connectivity index (χ1n) is 9.45. The molecule has 0 aromatic rings. The Hall–Kier alpha value is -0.0400. The highest BCUT2D eigenvalue weighted by Crippen LogP contribution is 2.35. The lowest BCUT2D eigenvalue weighted by atomic mass is 9.96. The minimum Gasteiger partial charge on any atom is -0.369 e. The summed E-state index contributed by atoms with van der Waals surface area (Å²) in [4.78, 5) is 0. The molecule has 20 heavy (non-hydrogen) atoms. The average molecular weight is 283 g/mol. The van der Waals surface area contributed by atoms with E-state index in [9.17, 15) is 0 Å². The van der Waals surface area contributed by atoms with Crippen LogP contribution in [-0.2, 0) is 4.74 Å². The van der Waals surface area contributed by atoms with E-state index in [4.69, 9.17) is 4.74 Å². The highest BCUT2D eigenvalue weighted by molar-refractivity contribution is 4.88. The second kappa shape index (κ2) is 11.6. The normalized spacial score (nSPS) is 22.9. The van der Waals surface area contributed by atoms with E-state index in [1.165, 1.54) is 83.5 Å². The third kappa shape index (κ3) is 8.29. The molecule has 0 saturated carbocycles. The molecule has 0 bridgehead atoms. The van der Waals surface area contributed by atoms with Crippen molar-refractivity contribution in [1.82, 2.24) is 0 Å². The van der Waals surface area contributed by atoms with Crippen LogP contribution in [-0.4, -0.2) is 12.2 Å². The lowest BCUT2D eigenvalue weighted by Crippen LogP contribution is -2.07. The first-order valence-corrected chi connectivity index (χ1v) is 9.45. The van der Waals surface area contributed by atoms with E-state index in [0.29, 0.717) is 12.2 Å². The minimum atomic E-state index is 0.608. The van der Waals surface area contributed by atoms with Gasteiger partial charge >= 0.3 is 0 Å². The van der Waals surface area contributed by atoms with Crippen molar-refractivity contribution in [3.63, 3.8) is 0 Å². The van der Waals surface area contributed by atoms with Crippen LogP contribution in [0.25, 0.3) is 0 Å². The molecule has 120 valence electrons. The Bertz CT molecular complexity index is 214. The fourth-order valence-electron chi connectivity index (χ4n) is 3.25. The lowest BCUT2D eigenvalue weighted by Gasteiger charge is -2.07. The van der Waals surface area contributed by atoms with E-state index in [1.54, 1.807) is 0 Å². The van der Waals surface area contributed by atoms with Gasteiger partial charge in [-0.25, -0.2) is 0 Å². The maximum Gasteiger partial charge on any atom is 0.0867 e. The van der Waals surface area contributed by atoms with Crippen molar-refractivity contribution in [2.24, 2.45) is 5.92 Å². The Kier molecular flexibility index (Phi) is 10.4. The molecule has 0 aliphatic carbocycles. The molecule has 1 saturated heterocycles. The van der Waals surface area contributed by atoms with E-state index in [1.807, 2.05) is 0 Å². The Morgan fingerprint density at radius 2 is 1.30 bits per heavy atom. The third-order valence-electron chi connectivity index (χ3n) is 4.79. The number of ether oxygens (including phenoxy) is 1. The Morgan fingerprint density at radius 3 is 1.95 bits per heavy atom. The van der Waals surface area contributed by atoms with Gasteiger partial charge in [0, 0.05) is 0 Å². The molecule has 3 unspecified atom stereocenters. The molecule has 1 rings (SSSR count). The van der Waals surface area contributed by atoms with E-state index in [2.05, 4.69) is 20.8 Å². The standard InChI is InChI=1S/C19H38O/c1-4-6-8-9-10-11-12-14-16-18-19(20-18)17(3)15-13-7-5-2/h17-19H,4-16H2,1-3H3. The number of rotatable bonds is 14. The smallest absolute Gasteiger partial charge is 0.0867 e. The van der Waals surface area contributed by atoms with Crippen molar-refractivity contribution < 1.29 is 4.74 Å². The molecule has 1 aliphatic heterocycles. The van der Waals surface area contributed by atoms with Gasteiger partial charge in [-0.3, -0.25) is 0 Å². The van der Waals surface area contributed by atoms with Gasteiger partial charge in [0.25, 0.3) is 0 Å². The summed E-state index contributed by atoms with van der Waals surface area (Å²) in [7, 11) is 0. The molecule has 1 fully saturated rings. The quantitative estimate of drug-likeness (QED) is 0.261. The first kappa shape index (κ1) is 18.0. The molecule has 1 heteroatoms. The summed E-state index contributed by atoms with van der Waals surface area (Å²) in [5, 5.41) is 0. The predicted molar refractivity (Wildman–Crippen MR) is 89.2 cm³/mol. The SMILES string of the molecule is CCCCCCCCCCC1OC1C(C)CCCCC. The largest absolute Gasteiger partial charge is 0.369 e. The molecule has 0 N–H and O–H groups in total. The summed E-state index contributed by atoms with van der Waals surface area (Å²) in [5.41, 5.74) is 0. The van der Waals surface area contributed by atoms with Crippen molar-refractivity contribution in [3.05, 3.63) is 0 Å². The van der Waals surface area contributed by atoms with Crippen molar-refractivity contribution in [1.29, 1.82) is 0 Å². The molecular formula is C19H38O. The van der Waals surface area contributed by atoms with Gasteiger partial charge in [0.1, 0.15) is 0 Å². The van der Waals surface area contributed by atoms with E-state index in [-0.39, 0.29) is 0 Å². The highest BCUT2D eigenvalue weighted by Gasteiger charge is 2.41. The highest BCUT2D eigenvalue weighted by atomic mass is 16.6. The Labute approximate surface area is 127 Å². The molecule has 0 radical (unpaired) electrons. The van der Waals surface area contributed by atoms with Crippen LogP contribution in [0.15, 0.2) is 0 Å². The van der Waals surface area contributed by atoms with Crippen LogP contribution in [0.3, 0.4) is 0 Å². The third-order valence-corrected chi connectivity index (χ3v) is 4.79. The summed E-state index contributed by atoms with van der Waals surface area (Å²) >= 11 is 0. The van der Waals surface area contributed by atoms with Crippen LogP contribution in [0.4, 0.5) is 0 Å². The van der Waals surface area contributed by atoms with Crippen molar-refractivity contribution in [2.75, 3.05) is 0 Å². The fourth-order valence-corrected chi connectivity index (χ4v) is 3.25.